The summed E-state index contributed by atoms with van der Waals surface area (Å²) in [7, 11) is 0. The lowest BCUT2D eigenvalue weighted by Crippen LogP contribution is -2.31. The van der Waals surface area contributed by atoms with Gasteiger partial charge in [0.1, 0.15) is 0 Å². The smallest absolute Gasteiger partial charge is 0.294 e. The number of aliphatic hydroxyl groups excluding tert-OH is 1. The van der Waals surface area contributed by atoms with E-state index in [1.165, 1.54) is 23.3 Å². The van der Waals surface area contributed by atoms with Crippen molar-refractivity contribution in [3.8, 4) is 11.5 Å². The number of furan rings is 1. The SMILES string of the molecule is CCOc1cc(C2C(C(=O)c3ccco3)=C(O)C(=O)N2c2cccc3ccccc23)ccc1O. The molecule has 1 aromatic heterocycles. The van der Waals surface area contributed by atoms with Gasteiger partial charge < -0.3 is 19.4 Å². The molecule has 0 saturated heterocycles. The molecular formula is C27H21NO6. The van der Waals surface area contributed by atoms with Gasteiger partial charge >= 0.3 is 0 Å². The molecule has 0 saturated carbocycles. The van der Waals surface area contributed by atoms with Gasteiger partial charge in [0.15, 0.2) is 23.0 Å². The van der Waals surface area contributed by atoms with Gasteiger partial charge in [0.05, 0.1) is 30.2 Å². The maximum atomic E-state index is 13.4. The maximum Gasteiger partial charge on any atom is 0.294 e. The highest BCUT2D eigenvalue weighted by molar-refractivity contribution is 6.21. The topological polar surface area (TPSA) is 100 Å². The Morgan fingerprint density at radius 1 is 1.03 bits per heavy atom. The third-order valence-corrected chi connectivity index (χ3v) is 5.82. The molecule has 0 bridgehead atoms. The number of Topliss-reactive ketones (excluding diaryl/α,β-unsaturated/α-hetero) is 1. The molecule has 1 amide bonds. The lowest BCUT2D eigenvalue weighted by Gasteiger charge is -2.28. The van der Waals surface area contributed by atoms with Crippen molar-refractivity contribution >= 4 is 28.2 Å². The number of ketones is 1. The second-order valence-corrected chi connectivity index (χ2v) is 7.80. The van der Waals surface area contributed by atoms with Crippen LogP contribution >= 0.6 is 0 Å². The molecule has 2 N–H and O–H groups in total. The van der Waals surface area contributed by atoms with E-state index in [4.69, 9.17) is 9.15 Å². The third kappa shape index (κ3) is 3.38. The molecule has 0 aliphatic carbocycles. The number of carbonyl (C=O) groups is 2. The zero-order valence-corrected chi connectivity index (χ0v) is 18.3. The summed E-state index contributed by atoms with van der Waals surface area (Å²) in [6, 6.07) is 19.7. The van der Waals surface area contributed by atoms with E-state index in [-0.39, 0.29) is 22.8 Å². The second-order valence-electron chi connectivity index (χ2n) is 7.80. The molecule has 0 spiro atoms. The van der Waals surface area contributed by atoms with Crippen LogP contribution < -0.4 is 9.64 Å². The fraction of sp³-hybridized carbons (Fsp3) is 0.111. The molecule has 0 radical (unpaired) electrons. The molecule has 4 aromatic rings. The number of carbonyl (C=O) groups excluding carboxylic acids is 2. The van der Waals surface area contributed by atoms with Gasteiger partial charge in [-0.2, -0.15) is 0 Å². The molecule has 170 valence electrons. The molecule has 1 atom stereocenters. The van der Waals surface area contributed by atoms with E-state index in [1.807, 2.05) is 36.4 Å². The number of anilines is 1. The average molecular weight is 455 g/mol. The molecule has 2 heterocycles. The zero-order valence-electron chi connectivity index (χ0n) is 18.3. The Morgan fingerprint density at radius 3 is 2.59 bits per heavy atom. The summed E-state index contributed by atoms with van der Waals surface area (Å²) in [5.41, 5.74) is 0.912. The summed E-state index contributed by atoms with van der Waals surface area (Å²) in [4.78, 5) is 28.2. The average Bonchev–Trinajstić information content (AvgIpc) is 3.47. The number of phenolic OH excluding ortho intramolecular Hbond substituents is 1. The van der Waals surface area contributed by atoms with Crippen molar-refractivity contribution in [1.29, 1.82) is 0 Å². The summed E-state index contributed by atoms with van der Waals surface area (Å²) >= 11 is 0. The normalized spacial score (nSPS) is 15.9. The number of fused-ring (bicyclic) bond motifs is 1. The number of phenols is 1. The van der Waals surface area contributed by atoms with Crippen molar-refractivity contribution in [3.05, 3.63) is 102 Å². The standard InChI is InChI=1S/C27H21NO6/c1-2-33-22-15-17(12-13-20(22)29)24-23(25(30)21-11-6-14-34-21)26(31)27(32)28(24)19-10-5-8-16-7-3-4-9-18(16)19/h3-15,24,29,31H,2H2,1H3. The number of aromatic hydroxyl groups is 1. The van der Waals surface area contributed by atoms with E-state index >= 15 is 0 Å². The van der Waals surface area contributed by atoms with E-state index in [2.05, 4.69) is 0 Å². The second kappa shape index (κ2) is 8.44. The number of ether oxygens (including phenoxy) is 1. The fourth-order valence-electron chi connectivity index (χ4n) is 4.33. The third-order valence-electron chi connectivity index (χ3n) is 5.82. The van der Waals surface area contributed by atoms with Gasteiger partial charge in [-0.25, -0.2) is 0 Å². The highest BCUT2D eigenvalue weighted by atomic mass is 16.5. The van der Waals surface area contributed by atoms with Gasteiger partial charge in [0.25, 0.3) is 5.91 Å². The number of benzene rings is 3. The molecular weight excluding hydrogens is 434 g/mol. The molecule has 1 aliphatic heterocycles. The van der Waals surface area contributed by atoms with Gasteiger partial charge in [-0.05, 0) is 48.2 Å². The van der Waals surface area contributed by atoms with Gasteiger partial charge in [-0.15, -0.1) is 0 Å². The quantitative estimate of drug-likeness (QED) is 0.382. The van der Waals surface area contributed by atoms with Crippen LogP contribution in [-0.2, 0) is 4.79 Å². The minimum absolute atomic E-state index is 0.00271. The Hall–Kier alpha value is -4.52. The van der Waals surface area contributed by atoms with Crippen LogP contribution in [0.5, 0.6) is 11.5 Å². The summed E-state index contributed by atoms with van der Waals surface area (Å²) in [6.07, 6.45) is 1.35. The highest BCUT2D eigenvalue weighted by Gasteiger charge is 2.45. The Balaban J connectivity index is 1.74. The number of rotatable bonds is 6. The highest BCUT2D eigenvalue weighted by Crippen LogP contribution is 2.45. The Bertz CT molecular complexity index is 1430. The summed E-state index contributed by atoms with van der Waals surface area (Å²) < 4.78 is 10.8. The minimum Gasteiger partial charge on any atom is -0.504 e. The monoisotopic (exact) mass is 455 g/mol. The van der Waals surface area contributed by atoms with E-state index in [0.717, 1.165) is 10.8 Å². The van der Waals surface area contributed by atoms with Crippen molar-refractivity contribution < 1.29 is 29.0 Å². The van der Waals surface area contributed by atoms with Crippen molar-refractivity contribution in [2.75, 3.05) is 11.5 Å². The molecule has 34 heavy (non-hydrogen) atoms. The Labute approximate surface area is 195 Å². The number of hydrogen-bond donors (Lipinski definition) is 2. The largest absolute Gasteiger partial charge is 0.504 e. The predicted molar refractivity (Wildman–Crippen MR) is 126 cm³/mol. The van der Waals surface area contributed by atoms with E-state index in [9.17, 15) is 19.8 Å². The fourth-order valence-corrected chi connectivity index (χ4v) is 4.33. The van der Waals surface area contributed by atoms with Crippen molar-refractivity contribution in [3.63, 3.8) is 0 Å². The number of hydrogen-bond acceptors (Lipinski definition) is 6. The number of aliphatic hydroxyl groups is 1. The van der Waals surface area contributed by atoms with Crippen LogP contribution in [0.25, 0.3) is 10.8 Å². The lowest BCUT2D eigenvalue weighted by molar-refractivity contribution is -0.117. The molecule has 3 aromatic carbocycles. The first kappa shape index (κ1) is 21.3. The van der Waals surface area contributed by atoms with Gasteiger partial charge in [0.2, 0.25) is 5.78 Å². The first-order chi connectivity index (χ1) is 16.5. The molecule has 5 rings (SSSR count). The predicted octanol–water partition coefficient (Wildman–Crippen LogP) is 5.32. The molecule has 7 heteroatoms. The van der Waals surface area contributed by atoms with Gasteiger partial charge in [0, 0.05) is 5.39 Å². The van der Waals surface area contributed by atoms with Crippen LogP contribution in [0.3, 0.4) is 0 Å². The maximum absolute atomic E-state index is 13.4. The van der Waals surface area contributed by atoms with Gasteiger partial charge in [-0.3, -0.25) is 14.5 Å². The first-order valence-corrected chi connectivity index (χ1v) is 10.8. The van der Waals surface area contributed by atoms with Crippen LogP contribution in [0.15, 0.2) is 94.8 Å². The van der Waals surface area contributed by atoms with E-state index in [1.54, 1.807) is 31.2 Å². The van der Waals surface area contributed by atoms with E-state index in [0.29, 0.717) is 17.9 Å². The van der Waals surface area contributed by atoms with Crippen LogP contribution in [-0.4, -0.2) is 28.5 Å². The van der Waals surface area contributed by atoms with Gasteiger partial charge in [-0.1, -0.05) is 42.5 Å². The van der Waals surface area contributed by atoms with Crippen LogP contribution in [0.1, 0.15) is 29.1 Å². The summed E-state index contributed by atoms with van der Waals surface area (Å²) in [5, 5.41) is 22.8. The number of nitrogens with zero attached hydrogens (tertiary/aromatic N) is 1. The van der Waals surface area contributed by atoms with Crippen molar-refractivity contribution in [1.82, 2.24) is 0 Å². The van der Waals surface area contributed by atoms with Crippen LogP contribution in [0.2, 0.25) is 0 Å². The molecule has 7 nitrogen and oxygen atoms in total. The van der Waals surface area contributed by atoms with Crippen molar-refractivity contribution in [2.45, 2.75) is 13.0 Å². The summed E-state index contributed by atoms with van der Waals surface area (Å²) in [5.74, 6) is -1.81. The van der Waals surface area contributed by atoms with Crippen LogP contribution in [0, 0.1) is 0 Å². The van der Waals surface area contributed by atoms with Crippen molar-refractivity contribution in [2.24, 2.45) is 0 Å². The minimum atomic E-state index is -0.976. The Morgan fingerprint density at radius 2 is 1.82 bits per heavy atom. The molecule has 1 aliphatic rings. The number of amides is 1. The van der Waals surface area contributed by atoms with E-state index < -0.39 is 23.5 Å². The first-order valence-electron chi connectivity index (χ1n) is 10.8. The lowest BCUT2D eigenvalue weighted by atomic mass is 9.94. The molecule has 0 fully saturated rings. The molecule has 1 unspecified atom stereocenters. The Kier molecular flexibility index (Phi) is 5.30. The van der Waals surface area contributed by atoms with Crippen LogP contribution in [0.4, 0.5) is 5.69 Å². The zero-order chi connectivity index (χ0) is 23.8. The summed E-state index contributed by atoms with van der Waals surface area (Å²) in [6.45, 7) is 2.10.